The van der Waals surface area contributed by atoms with E-state index in [4.69, 9.17) is 0 Å². The summed E-state index contributed by atoms with van der Waals surface area (Å²) in [5.74, 6) is -2.91. The first-order chi connectivity index (χ1) is 13.0. The Hall–Kier alpha value is -4.52. The Morgan fingerprint density at radius 3 is 1.29 bits per heavy atom. The fourth-order valence-electron chi connectivity index (χ4n) is 2.03. The second kappa shape index (κ2) is 7.38. The molecule has 150 valence electrons. The molecule has 0 saturated carbocycles. The third-order valence-corrected chi connectivity index (χ3v) is 3.16. The molecule has 0 bridgehead atoms. The van der Waals surface area contributed by atoms with Crippen LogP contribution >= 0.6 is 0 Å². The molecular weight excluding hydrogens is 392 g/mol. The lowest BCUT2D eigenvalue weighted by atomic mass is 10.5. The molecule has 0 saturated heterocycles. The summed E-state index contributed by atoms with van der Waals surface area (Å²) in [7, 11) is 2.31. The zero-order chi connectivity index (χ0) is 21.2. The van der Waals surface area contributed by atoms with Crippen molar-refractivity contribution in [1.82, 2.24) is 29.5 Å². The van der Waals surface area contributed by atoms with Crippen LogP contribution in [0, 0.1) is 40.5 Å². The summed E-state index contributed by atoms with van der Waals surface area (Å²) < 4.78 is 1.51. The van der Waals surface area contributed by atoms with Gasteiger partial charge < -0.3 is 20.2 Å². The predicted molar refractivity (Wildman–Crippen MR) is 84.0 cm³/mol. The Morgan fingerprint density at radius 2 is 1.07 bits per heavy atom. The van der Waals surface area contributed by atoms with Crippen molar-refractivity contribution >= 4 is 23.8 Å². The average molecular weight is 402 g/mol. The maximum Gasteiger partial charge on any atom is 0.493 e. The minimum absolute atomic E-state index is 0.293. The molecule has 0 amide bonds. The highest BCUT2D eigenvalue weighted by Crippen LogP contribution is 2.17. The van der Waals surface area contributed by atoms with Gasteiger partial charge in [0.2, 0.25) is 0 Å². The van der Waals surface area contributed by atoms with Gasteiger partial charge >= 0.3 is 23.8 Å². The fraction of sp³-hybridized carbons (Fsp3) is 0.500. The number of aromatic nitrogens is 6. The van der Waals surface area contributed by atoms with Crippen LogP contribution in [0.2, 0.25) is 0 Å². The molecule has 20 heteroatoms. The molecule has 0 aliphatic rings. The standard InChI is InChI=1S/C8H10N12O8/c1-13-7(9-5(11-13)17(21)22)15(19(25)26)3-4-16(20(27)28)8-10-6(18(23)24)12-14(8)2/h3-4H2,1-2H3. The maximum atomic E-state index is 11.3. The van der Waals surface area contributed by atoms with Crippen molar-refractivity contribution in [3.05, 3.63) is 40.5 Å². The van der Waals surface area contributed by atoms with Gasteiger partial charge in [0.1, 0.15) is 13.1 Å². The van der Waals surface area contributed by atoms with Crippen LogP contribution in [0.1, 0.15) is 0 Å². The van der Waals surface area contributed by atoms with Gasteiger partial charge in [-0.05, 0) is 29.8 Å². The average Bonchev–Trinajstić information content (AvgIpc) is 3.14. The molecule has 2 aromatic heterocycles. The molecule has 0 N–H and O–H groups in total. The van der Waals surface area contributed by atoms with E-state index in [0.717, 1.165) is 23.5 Å². The molecule has 2 aromatic rings. The van der Waals surface area contributed by atoms with Crippen LogP contribution in [0.3, 0.4) is 0 Å². The van der Waals surface area contributed by atoms with E-state index in [1.165, 1.54) is 0 Å². The highest BCUT2D eigenvalue weighted by Gasteiger charge is 2.36. The van der Waals surface area contributed by atoms with E-state index >= 15 is 0 Å². The summed E-state index contributed by atoms with van der Waals surface area (Å²) in [6.07, 6.45) is 0. The maximum absolute atomic E-state index is 11.3. The summed E-state index contributed by atoms with van der Waals surface area (Å²) >= 11 is 0. The fourth-order valence-corrected chi connectivity index (χ4v) is 2.03. The molecule has 0 aliphatic carbocycles. The molecular formula is C8H10N12O8. The van der Waals surface area contributed by atoms with E-state index < -0.39 is 56.8 Å². The molecule has 2 rings (SSSR count). The number of nitro groups is 4. The van der Waals surface area contributed by atoms with E-state index in [9.17, 15) is 40.5 Å². The van der Waals surface area contributed by atoms with Gasteiger partial charge in [-0.25, -0.2) is 20.2 Å². The van der Waals surface area contributed by atoms with Crippen molar-refractivity contribution in [3.8, 4) is 0 Å². The van der Waals surface area contributed by atoms with E-state index in [-0.39, 0.29) is 0 Å². The summed E-state index contributed by atoms with van der Waals surface area (Å²) in [6.45, 7) is -1.39. The van der Waals surface area contributed by atoms with Crippen LogP contribution in [0.15, 0.2) is 0 Å². The lowest BCUT2D eigenvalue weighted by Crippen LogP contribution is -2.42. The van der Waals surface area contributed by atoms with Crippen LogP contribution < -0.4 is 10.0 Å². The van der Waals surface area contributed by atoms with E-state index in [0.29, 0.717) is 10.0 Å². The summed E-state index contributed by atoms with van der Waals surface area (Å²) in [5.41, 5.74) is 0. The van der Waals surface area contributed by atoms with E-state index in [2.05, 4.69) is 20.2 Å². The highest BCUT2D eigenvalue weighted by atomic mass is 16.7. The predicted octanol–water partition coefficient (Wildman–Crippen LogP) is -1.54. The van der Waals surface area contributed by atoms with Gasteiger partial charge in [0.25, 0.3) is 0 Å². The lowest BCUT2D eigenvalue weighted by Gasteiger charge is -2.13. The van der Waals surface area contributed by atoms with Crippen molar-refractivity contribution in [2.45, 2.75) is 0 Å². The van der Waals surface area contributed by atoms with Gasteiger partial charge in [0.05, 0.1) is 0 Å². The van der Waals surface area contributed by atoms with Crippen molar-refractivity contribution in [2.75, 3.05) is 23.1 Å². The van der Waals surface area contributed by atoms with Crippen LogP contribution in [-0.4, -0.2) is 62.5 Å². The number of aryl methyl sites for hydroxylation is 2. The van der Waals surface area contributed by atoms with Gasteiger partial charge in [-0.1, -0.05) is 0 Å². The number of hydrazine groups is 2. The molecule has 0 unspecified atom stereocenters. The molecule has 2 heterocycles. The first-order valence-corrected chi connectivity index (χ1v) is 6.97. The molecule has 0 atom stereocenters. The first kappa shape index (κ1) is 19.8. The minimum Gasteiger partial charge on any atom is -0.390 e. The van der Waals surface area contributed by atoms with Crippen molar-refractivity contribution in [1.29, 1.82) is 0 Å². The van der Waals surface area contributed by atoms with Gasteiger partial charge in [-0.3, -0.25) is 0 Å². The van der Waals surface area contributed by atoms with Gasteiger partial charge in [-0.2, -0.15) is 9.36 Å². The van der Waals surface area contributed by atoms with Crippen LogP contribution in [0.5, 0.6) is 0 Å². The molecule has 0 fully saturated rings. The Labute approximate surface area is 152 Å². The van der Waals surface area contributed by atoms with Gasteiger partial charge in [-0.15, -0.1) is 0 Å². The Morgan fingerprint density at radius 1 is 0.750 bits per heavy atom. The van der Waals surface area contributed by atoms with Crippen LogP contribution in [0.25, 0.3) is 0 Å². The minimum atomic E-state index is -0.995. The number of rotatable bonds is 9. The van der Waals surface area contributed by atoms with Crippen LogP contribution in [-0.2, 0) is 14.1 Å². The highest BCUT2D eigenvalue weighted by molar-refractivity contribution is 5.32. The van der Waals surface area contributed by atoms with Crippen molar-refractivity contribution in [3.63, 3.8) is 0 Å². The molecule has 20 nitrogen and oxygen atoms in total. The van der Waals surface area contributed by atoms with E-state index in [1.54, 1.807) is 0 Å². The number of anilines is 2. The lowest BCUT2D eigenvalue weighted by molar-refractivity contribution is -0.506. The largest absolute Gasteiger partial charge is 0.493 e. The third kappa shape index (κ3) is 3.83. The molecule has 0 aliphatic heterocycles. The second-order valence-electron chi connectivity index (χ2n) is 4.91. The normalized spacial score (nSPS) is 10.5. The Balaban J connectivity index is 2.30. The van der Waals surface area contributed by atoms with Crippen LogP contribution in [0.4, 0.5) is 23.8 Å². The Kier molecular flexibility index (Phi) is 5.22. The molecule has 0 aromatic carbocycles. The second-order valence-corrected chi connectivity index (χ2v) is 4.91. The van der Waals surface area contributed by atoms with Crippen molar-refractivity contribution < 1.29 is 19.9 Å². The monoisotopic (exact) mass is 402 g/mol. The SMILES string of the molecule is Cn1nc([N+](=O)[O-])nc1N(CCN(c1nc([N+](=O)[O-])nn1C)[N+](=O)[O-])[N+](=O)[O-]. The van der Waals surface area contributed by atoms with Gasteiger partial charge in [0, 0.05) is 24.3 Å². The molecule has 28 heavy (non-hydrogen) atoms. The zero-order valence-corrected chi connectivity index (χ0v) is 14.0. The number of hydrogen-bond donors (Lipinski definition) is 0. The summed E-state index contributed by atoms with van der Waals surface area (Å²) in [5, 5.41) is 49.3. The first-order valence-electron chi connectivity index (χ1n) is 6.97. The molecule has 0 radical (unpaired) electrons. The Bertz CT molecular complexity index is 873. The topological polar surface area (TPSA) is 240 Å². The summed E-state index contributed by atoms with van der Waals surface area (Å²) in [6, 6.07) is 0. The third-order valence-electron chi connectivity index (χ3n) is 3.16. The number of nitrogens with zero attached hydrogens (tertiary/aromatic N) is 12. The van der Waals surface area contributed by atoms with Crippen molar-refractivity contribution in [2.24, 2.45) is 14.1 Å². The summed E-state index contributed by atoms with van der Waals surface area (Å²) in [4.78, 5) is 48.8. The van der Waals surface area contributed by atoms with E-state index in [1.807, 2.05) is 0 Å². The molecule has 0 spiro atoms. The number of hydrogen-bond acceptors (Lipinski definition) is 12. The smallest absolute Gasteiger partial charge is 0.390 e. The van der Waals surface area contributed by atoms with Gasteiger partial charge in [0.15, 0.2) is 10.1 Å². The quantitative estimate of drug-likeness (QED) is 0.341. The zero-order valence-electron chi connectivity index (χ0n) is 14.0.